The van der Waals surface area contributed by atoms with Crippen LogP contribution in [0.5, 0.6) is 0 Å². The van der Waals surface area contributed by atoms with Crippen molar-refractivity contribution in [2.45, 2.75) is 6.92 Å². The van der Waals surface area contributed by atoms with E-state index in [0.29, 0.717) is 0 Å². The zero-order valence-corrected chi connectivity index (χ0v) is 7.55. The van der Waals surface area contributed by atoms with Gasteiger partial charge in [-0.25, -0.2) is 0 Å². The number of nitrogens with zero attached hydrogens (tertiary/aromatic N) is 2. The smallest absolute Gasteiger partial charge is 0.204 e. The Balaban J connectivity index is 0.000000424. The molecular weight excluding hydrogens is 166 g/mol. The largest absolute Gasteiger partial charge is 0.372 e. The highest BCUT2D eigenvalue weighted by Crippen LogP contribution is 2.09. The lowest BCUT2D eigenvalue weighted by atomic mass is 10.3. The number of azo groups is 1. The minimum absolute atomic E-state index is 0.250. The van der Waals surface area contributed by atoms with Crippen LogP contribution < -0.4 is 5.73 Å². The van der Waals surface area contributed by atoms with Gasteiger partial charge in [-0.15, -0.1) is 0 Å². The summed E-state index contributed by atoms with van der Waals surface area (Å²) in [6.07, 6.45) is 0.250. The maximum absolute atomic E-state index is 8.58. The zero-order valence-electron chi connectivity index (χ0n) is 7.55. The highest BCUT2D eigenvalue weighted by Gasteiger charge is 1.81. The van der Waals surface area contributed by atoms with E-state index < -0.39 is 0 Å². The molecule has 0 aliphatic heterocycles. The summed E-state index contributed by atoms with van der Waals surface area (Å²) < 4.78 is 0. The Morgan fingerprint density at radius 3 is 2.38 bits per heavy atom. The average molecular weight is 179 g/mol. The molecule has 0 heterocycles. The molecule has 0 radical (unpaired) electrons. The number of nitrogens with two attached hydrogens (primary N) is 1. The molecule has 4 heteroatoms. The molecule has 0 unspecified atom stereocenters. The molecule has 0 bridgehead atoms. The molecule has 0 fully saturated rings. The summed E-state index contributed by atoms with van der Waals surface area (Å²) >= 11 is 0. The molecule has 1 aromatic carbocycles. The van der Waals surface area contributed by atoms with Crippen LogP contribution in [0.15, 0.2) is 40.6 Å². The van der Waals surface area contributed by atoms with E-state index in [9.17, 15) is 0 Å². The van der Waals surface area contributed by atoms with E-state index >= 15 is 0 Å². The third-order valence-electron chi connectivity index (χ3n) is 1.08. The molecule has 0 saturated heterocycles. The summed E-state index contributed by atoms with van der Waals surface area (Å²) in [5.41, 5.74) is 5.09. The van der Waals surface area contributed by atoms with Gasteiger partial charge in [-0.05, 0) is 19.1 Å². The van der Waals surface area contributed by atoms with Gasteiger partial charge in [0.15, 0.2) is 0 Å². The predicted octanol–water partition coefficient (Wildman–Crippen LogP) is 1.89. The number of primary amides is 1. The fourth-order valence-corrected chi connectivity index (χ4v) is 0.647. The van der Waals surface area contributed by atoms with Crippen molar-refractivity contribution in [2.24, 2.45) is 16.0 Å². The number of rotatable bonds is 2. The second-order valence-electron chi connectivity index (χ2n) is 2.03. The number of amides is 1. The van der Waals surface area contributed by atoms with Gasteiger partial charge in [-0.2, -0.15) is 10.2 Å². The van der Waals surface area contributed by atoms with Gasteiger partial charge in [-0.1, -0.05) is 18.2 Å². The Hall–Kier alpha value is -1.71. The second kappa shape index (κ2) is 8.39. The van der Waals surface area contributed by atoms with Crippen LogP contribution in [-0.2, 0) is 4.79 Å². The first kappa shape index (κ1) is 11.3. The summed E-state index contributed by atoms with van der Waals surface area (Å²) in [7, 11) is 0. The van der Waals surface area contributed by atoms with Crippen LogP contribution in [0.25, 0.3) is 0 Å². The molecule has 4 nitrogen and oxygen atoms in total. The van der Waals surface area contributed by atoms with Crippen molar-refractivity contribution in [1.82, 2.24) is 0 Å². The van der Waals surface area contributed by atoms with Gasteiger partial charge in [0.2, 0.25) is 6.41 Å². The molecule has 0 aliphatic rings. The molecule has 0 spiro atoms. The number of hydrogen-bond acceptors (Lipinski definition) is 3. The topological polar surface area (TPSA) is 67.8 Å². The molecule has 2 N–H and O–H groups in total. The first-order chi connectivity index (χ1) is 6.35. The highest BCUT2D eigenvalue weighted by molar-refractivity contribution is 5.42. The van der Waals surface area contributed by atoms with Gasteiger partial charge in [0.1, 0.15) is 0 Å². The van der Waals surface area contributed by atoms with Gasteiger partial charge in [0, 0.05) is 0 Å². The fraction of sp³-hybridized carbons (Fsp3) is 0.222. The molecule has 0 atom stereocenters. The van der Waals surface area contributed by atoms with Crippen LogP contribution in [0.1, 0.15) is 6.92 Å². The fourth-order valence-electron chi connectivity index (χ4n) is 0.647. The minimum Gasteiger partial charge on any atom is -0.372 e. The molecule has 0 aliphatic carbocycles. The Kier molecular flexibility index (Phi) is 7.28. The quantitative estimate of drug-likeness (QED) is 0.546. The molecule has 1 rings (SSSR count). The summed E-state index contributed by atoms with van der Waals surface area (Å²) in [6, 6.07) is 9.72. The Labute approximate surface area is 77.5 Å². The number of hydrogen-bond donors (Lipinski definition) is 1. The SMILES string of the molecule is CCN=Nc1ccccc1.NC=O. The summed E-state index contributed by atoms with van der Waals surface area (Å²) in [4.78, 5) is 8.58. The third kappa shape index (κ3) is 6.68. The summed E-state index contributed by atoms with van der Waals surface area (Å²) in [5, 5.41) is 7.82. The highest BCUT2D eigenvalue weighted by atomic mass is 16.1. The van der Waals surface area contributed by atoms with Crippen molar-refractivity contribution in [3.8, 4) is 0 Å². The van der Waals surface area contributed by atoms with Crippen LogP contribution in [0.2, 0.25) is 0 Å². The van der Waals surface area contributed by atoms with Crippen LogP contribution >= 0.6 is 0 Å². The number of carbonyl (C=O) groups is 1. The zero-order chi connectivity index (χ0) is 9.94. The van der Waals surface area contributed by atoms with E-state index in [4.69, 9.17) is 4.79 Å². The molecule has 1 amide bonds. The van der Waals surface area contributed by atoms with Gasteiger partial charge >= 0.3 is 0 Å². The van der Waals surface area contributed by atoms with Crippen molar-refractivity contribution in [3.05, 3.63) is 30.3 Å². The van der Waals surface area contributed by atoms with Crippen LogP contribution in [-0.4, -0.2) is 13.0 Å². The lowest BCUT2D eigenvalue weighted by molar-refractivity contribution is -0.106. The van der Waals surface area contributed by atoms with Crippen LogP contribution in [0.3, 0.4) is 0 Å². The van der Waals surface area contributed by atoms with Crippen LogP contribution in [0.4, 0.5) is 5.69 Å². The minimum atomic E-state index is 0.250. The maximum atomic E-state index is 8.58. The van der Waals surface area contributed by atoms with Crippen molar-refractivity contribution in [3.63, 3.8) is 0 Å². The molecule has 1 aromatic rings. The van der Waals surface area contributed by atoms with E-state index in [1.807, 2.05) is 37.3 Å². The van der Waals surface area contributed by atoms with Crippen molar-refractivity contribution >= 4 is 12.1 Å². The molecular formula is C9H13N3O. The first-order valence-corrected chi connectivity index (χ1v) is 3.93. The van der Waals surface area contributed by atoms with E-state index in [-0.39, 0.29) is 6.41 Å². The first-order valence-electron chi connectivity index (χ1n) is 3.93. The maximum Gasteiger partial charge on any atom is 0.204 e. The average Bonchev–Trinajstić information content (AvgIpc) is 2.18. The Bertz CT molecular complexity index is 246. The Morgan fingerprint density at radius 2 is 1.92 bits per heavy atom. The molecule has 70 valence electrons. The number of benzene rings is 1. The monoisotopic (exact) mass is 179 g/mol. The lowest BCUT2D eigenvalue weighted by Crippen LogP contribution is -1.82. The molecule has 13 heavy (non-hydrogen) atoms. The molecule has 0 saturated carbocycles. The van der Waals surface area contributed by atoms with Gasteiger partial charge in [0.05, 0.1) is 12.2 Å². The standard InChI is InChI=1S/C8H10N2.CH3NO/c1-2-9-10-8-6-4-3-5-7-8;2-1-3/h3-7H,2H2,1H3;1H,(H2,2,3). The summed E-state index contributed by atoms with van der Waals surface area (Å²) in [6.45, 7) is 2.71. The van der Waals surface area contributed by atoms with Crippen molar-refractivity contribution < 1.29 is 4.79 Å². The normalized spacial score (nSPS) is 9.00. The Morgan fingerprint density at radius 1 is 1.38 bits per heavy atom. The summed E-state index contributed by atoms with van der Waals surface area (Å²) in [5.74, 6) is 0. The third-order valence-corrected chi connectivity index (χ3v) is 1.08. The van der Waals surface area contributed by atoms with Gasteiger partial charge < -0.3 is 5.73 Å². The van der Waals surface area contributed by atoms with Gasteiger partial charge in [-0.3, -0.25) is 4.79 Å². The van der Waals surface area contributed by atoms with E-state index in [1.54, 1.807) is 0 Å². The van der Waals surface area contributed by atoms with E-state index in [2.05, 4.69) is 16.0 Å². The van der Waals surface area contributed by atoms with E-state index in [0.717, 1.165) is 12.2 Å². The second-order valence-corrected chi connectivity index (χ2v) is 2.03. The van der Waals surface area contributed by atoms with Crippen molar-refractivity contribution in [2.75, 3.05) is 6.54 Å². The van der Waals surface area contributed by atoms with E-state index in [1.165, 1.54) is 0 Å². The predicted molar refractivity (Wildman–Crippen MR) is 51.8 cm³/mol. The van der Waals surface area contributed by atoms with Gasteiger partial charge in [0.25, 0.3) is 0 Å². The van der Waals surface area contributed by atoms with Crippen molar-refractivity contribution in [1.29, 1.82) is 0 Å². The molecule has 0 aromatic heterocycles. The lowest BCUT2D eigenvalue weighted by Gasteiger charge is -1.86. The van der Waals surface area contributed by atoms with Crippen LogP contribution in [0, 0.1) is 0 Å². The number of carbonyl (C=O) groups excluding carboxylic acids is 1.